The number of fused-ring (bicyclic) bond motifs is 3. The van der Waals surface area contributed by atoms with Crippen molar-refractivity contribution in [1.82, 2.24) is 15.5 Å². The second kappa shape index (κ2) is 35.6. The SMILES string of the molecule is CC(C)OC(C(=O)NC1CCc2ccccc21)[C@H](N)CC1CCCCC1.CC(C)OC(C(=O)NCc1cccc2ccccc12)[C@H](N)CC1CCCCC1.CCN(C/C=C\c1ccccc1S(=O)(=O)Nc1ccc2c(c1C(=O)O)CCCC2)CCOC(C)C. The first-order valence-electron chi connectivity index (χ1n) is 33.3. The highest BCUT2D eigenvalue weighted by molar-refractivity contribution is 7.92. The molecule has 3 unspecified atom stereocenters. The summed E-state index contributed by atoms with van der Waals surface area (Å²) in [6, 6.07) is 32.5. The number of likely N-dealkylation sites (N-methyl/N-ethyl adjacent to an activating group) is 1. The summed E-state index contributed by atoms with van der Waals surface area (Å²) in [5.41, 5.74) is 19.1. The number of carbonyl (C=O) groups excluding carboxylic acids is 2. The number of aromatic carboxylic acids is 1. The van der Waals surface area contributed by atoms with Crippen LogP contribution in [0.25, 0.3) is 16.8 Å². The molecule has 5 atom stereocenters. The molecule has 5 aromatic carbocycles. The second-order valence-corrected chi connectivity index (χ2v) is 27.3. The lowest BCUT2D eigenvalue weighted by molar-refractivity contribution is -0.138. The fraction of sp³-hybridized carbons (Fsp3) is 0.548. The van der Waals surface area contributed by atoms with E-state index < -0.39 is 28.2 Å². The summed E-state index contributed by atoms with van der Waals surface area (Å²) in [6.45, 7) is 17.4. The Bertz CT molecular complexity index is 3170. The quantitative estimate of drug-likeness (QED) is 0.0289. The first kappa shape index (κ1) is 70.5. The average Bonchev–Trinajstić information content (AvgIpc) is 2.28. The van der Waals surface area contributed by atoms with Crippen LogP contribution in [0.2, 0.25) is 0 Å². The molecule has 486 valence electrons. The monoisotopic (exact) mass is 1240 g/mol. The first-order valence-corrected chi connectivity index (χ1v) is 34.7. The lowest BCUT2D eigenvalue weighted by Crippen LogP contribution is -2.50. The molecule has 4 aliphatic rings. The van der Waals surface area contributed by atoms with Gasteiger partial charge >= 0.3 is 5.97 Å². The third kappa shape index (κ3) is 21.6. The number of nitrogens with zero attached hydrogens (tertiary/aromatic N) is 1. The molecule has 2 amide bonds. The van der Waals surface area contributed by atoms with Crippen molar-refractivity contribution in [2.75, 3.05) is 31.0 Å². The van der Waals surface area contributed by atoms with Gasteiger partial charge in [-0.05, 0) is 168 Å². The van der Waals surface area contributed by atoms with Crippen LogP contribution in [0.4, 0.5) is 5.69 Å². The molecule has 16 heteroatoms. The largest absolute Gasteiger partial charge is 0.478 e. The number of carboxylic acids is 1. The van der Waals surface area contributed by atoms with E-state index >= 15 is 0 Å². The van der Waals surface area contributed by atoms with Crippen LogP contribution in [0.15, 0.2) is 114 Å². The van der Waals surface area contributed by atoms with Crippen LogP contribution in [-0.2, 0) is 59.6 Å². The molecule has 15 nitrogen and oxygen atoms in total. The van der Waals surface area contributed by atoms with Gasteiger partial charge in [-0.25, -0.2) is 13.2 Å². The van der Waals surface area contributed by atoms with E-state index in [0.717, 1.165) is 80.1 Å². The van der Waals surface area contributed by atoms with Crippen LogP contribution < -0.4 is 26.8 Å². The normalized spacial score (nSPS) is 17.7. The van der Waals surface area contributed by atoms with Crippen molar-refractivity contribution >= 4 is 50.3 Å². The number of hydrogen-bond acceptors (Lipinski definition) is 11. The first-order chi connectivity index (χ1) is 42.8. The van der Waals surface area contributed by atoms with Gasteiger partial charge in [0.1, 0.15) is 0 Å². The second-order valence-electron chi connectivity index (χ2n) is 25.7. The minimum absolute atomic E-state index is 0.0148. The number of nitrogens with one attached hydrogen (secondary N) is 3. The van der Waals surface area contributed by atoms with Gasteiger partial charge in [0.2, 0.25) is 0 Å². The van der Waals surface area contributed by atoms with Gasteiger partial charge in [-0.3, -0.25) is 19.2 Å². The Morgan fingerprint density at radius 1 is 0.663 bits per heavy atom. The highest BCUT2D eigenvalue weighted by atomic mass is 32.2. The molecule has 0 bridgehead atoms. The van der Waals surface area contributed by atoms with Gasteiger partial charge in [-0.2, -0.15) is 0 Å². The van der Waals surface area contributed by atoms with Gasteiger partial charge in [0.05, 0.1) is 47.1 Å². The van der Waals surface area contributed by atoms with Gasteiger partial charge < -0.3 is 41.4 Å². The summed E-state index contributed by atoms with van der Waals surface area (Å²) in [5, 5.41) is 18.5. The molecule has 4 aliphatic carbocycles. The summed E-state index contributed by atoms with van der Waals surface area (Å²) >= 11 is 0. The van der Waals surface area contributed by atoms with E-state index in [1.807, 2.05) is 78.0 Å². The van der Waals surface area contributed by atoms with Crippen molar-refractivity contribution in [2.24, 2.45) is 23.3 Å². The molecule has 0 saturated heterocycles. The van der Waals surface area contributed by atoms with E-state index in [-0.39, 0.29) is 64.4 Å². The van der Waals surface area contributed by atoms with Crippen molar-refractivity contribution in [1.29, 1.82) is 0 Å². The van der Waals surface area contributed by atoms with Crippen LogP contribution in [0.5, 0.6) is 0 Å². The van der Waals surface area contributed by atoms with Crippen molar-refractivity contribution in [3.63, 3.8) is 0 Å². The number of ether oxygens (including phenoxy) is 3. The van der Waals surface area contributed by atoms with Crippen LogP contribution >= 0.6 is 0 Å². The Morgan fingerprint density at radius 2 is 1.27 bits per heavy atom. The number of benzene rings is 5. The molecular weight excluding hydrogens is 1140 g/mol. The van der Waals surface area contributed by atoms with E-state index in [4.69, 9.17) is 25.7 Å². The molecule has 9 rings (SSSR count). The van der Waals surface area contributed by atoms with Gasteiger partial charge in [-0.1, -0.05) is 174 Å². The predicted octanol–water partition coefficient (Wildman–Crippen LogP) is 13.3. The average molecular weight is 1240 g/mol. The topological polar surface area (TPSA) is 225 Å². The molecule has 89 heavy (non-hydrogen) atoms. The summed E-state index contributed by atoms with van der Waals surface area (Å²) in [7, 11) is -4.00. The van der Waals surface area contributed by atoms with E-state index in [1.54, 1.807) is 30.3 Å². The van der Waals surface area contributed by atoms with Crippen molar-refractivity contribution < 1.29 is 42.1 Å². The van der Waals surface area contributed by atoms with E-state index in [2.05, 4.69) is 69.6 Å². The number of aryl methyl sites for hydroxylation is 2. The fourth-order valence-electron chi connectivity index (χ4n) is 13.2. The maximum atomic E-state index is 13.4. The number of amides is 2. The number of carbonyl (C=O) groups is 3. The zero-order chi connectivity index (χ0) is 63.9. The van der Waals surface area contributed by atoms with E-state index in [9.17, 15) is 27.9 Å². The molecule has 0 heterocycles. The molecule has 0 spiro atoms. The van der Waals surface area contributed by atoms with Crippen molar-refractivity contribution in [3.8, 4) is 0 Å². The third-order valence-electron chi connectivity index (χ3n) is 17.7. The van der Waals surface area contributed by atoms with Crippen molar-refractivity contribution in [3.05, 3.63) is 148 Å². The number of carboxylic acid groups (broad SMARTS) is 1. The molecule has 2 saturated carbocycles. The van der Waals surface area contributed by atoms with Gasteiger partial charge in [-0.15, -0.1) is 0 Å². The number of sulfonamides is 1. The van der Waals surface area contributed by atoms with Crippen LogP contribution in [0, 0.1) is 11.8 Å². The number of hydrogen-bond donors (Lipinski definition) is 6. The Balaban J connectivity index is 0.000000193. The highest BCUT2D eigenvalue weighted by Crippen LogP contribution is 2.35. The van der Waals surface area contributed by atoms with Gasteiger partial charge in [0.25, 0.3) is 21.8 Å². The highest BCUT2D eigenvalue weighted by Gasteiger charge is 2.34. The van der Waals surface area contributed by atoms with Crippen LogP contribution in [0.1, 0.15) is 195 Å². The summed E-state index contributed by atoms with van der Waals surface area (Å²) in [4.78, 5) is 40.4. The summed E-state index contributed by atoms with van der Waals surface area (Å²) in [6.07, 6.45) is 22.5. The maximum absolute atomic E-state index is 13.4. The predicted molar refractivity (Wildman–Crippen MR) is 359 cm³/mol. The molecular formula is C73H104N6O9S. The Labute approximate surface area is 531 Å². The standard InChI is InChI=1S/C27H36N2O5S.C24H34N2O2.C22H34N2O2/c1-4-29(18-19-34-20(2)3)17-9-12-22-11-6-8-14-25(22)35(32,33)28-24-16-15-21-10-5-7-13-23(21)26(24)27(30)31;1-17(2)28-23(22(25)15-18-9-4-3-5-10-18)24(27)26-16-20-13-8-12-19-11-6-7-14-21(19)20;1-15(2)26-21(19(23)14-16-8-4-3-5-9-16)22(25)24-20-13-12-17-10-6-7-11-18(17)20/h6,8-9,11-12,14-16,20,28H,4-5,7,10,13,17-19H2,1-3H3,(H,30,31);6-8,11-14,17-18,22-23H,3-5,9-10,15-16,25H2,1-2H3,(H,26,27);6-7,10-11,15-16,19-21H,3-5,8-9,12-14,23H2,1-2H3,(H,24,25)/b12-9-;;/t;22-,23?;19-,20?,21?/m.11/s1. The van der Waals surface area contributed by atoms with Crippen LogP contribution in [-0.4, -0.2) is 105 Å². The third-order valence-corrected chi connectivity index (χ3v) is 19.2. The smallest absolute Gasteiger partial charge is 0.338 e. The molecule has 2 fully saturated rings. The Hall–Kier alpha value is -5.98. The summed E-state index contributed by atoms with van der Waals surface area (Å²) in [5.74, 6) is -0.0192. The molecule has 5 aromatic rings. The number of nitrogens with two attached hydrogens (primary N) is 2. The lowest BCUT2D eigenvalue weighted by atomic mass is 9.84. The molecule has 0 radical (unpaired) electrons. The minimum atomic E-state index is -4.00. The van der Waals surface area contributed by atoms with Crippen LogP contribution in [0.3, 0.4) is 0 Å². The molecule has 0 aliphatic heterocycles. The van der Waals surface area contributed by atoms with Gasteiger partial charge in [0.15, 0.2) is 12.2 Å². The fourth-order valence-corrected chi connectivity index (χ4v) is 14.5. The minimum Gasteiger partial charge on any atom is -0.478 e. The molecule has 0 aromatic heterocycles. The van der Waals surface area contributed by atoms with E-state index in [0.29, 0.717) is 43.5 Å². The molecule has 8 N–H and O–H groups in total. The number of rotatable bonds is 27. The maximum Gasteiger partial charge on any atom is 0.338 e. The zero-order valence-electron chi connectivity index (χ0n) is 54.2. The van der Waals surface area contributed by atoms with Gasteiger partial charge in [0, 0.05) is 31.7 Å². The Kier molecular flexibility index (Phi) is 28.2. The van der Waals surface area contributed by atoms with E-state index in [1.165, 1.54) is 86.8 Å². The van der Waals surface area contributed by atoms with Crippen molar-refractivity contribution in [2.45, 2.75) is 224 Å². The zero-order valence-corrected chi connectivity index (χ0v) is 55.0. The summed E-state index contributed by atoms with van der Waals surface area (Å²) < 4.78 is 46.8. The Morgan fingerprint density at radius 3 is 1.92 bits per heavy atom. The number of anilines is 1. The lowest BCUT2D eigenvalue weighted by Gasteiger charge is -2.30.